The van der Waals surface area contributed by atoms with Gasteiger partial charge in [0, 0.05) is 11.1 Å². The molecule has 3 nitrogen and oxygen atoms in total. The minimum atomic E-state index is -4.44. The van der Waals surface area contributed by atoms with E-state index in [1.165, 1.54) is 23.5 Å². The van der Waals surface area contributed by atoms with Crippen molar-refractivity contribution < 1.29 is 18.0 Å². The molecule has 0 spiro atoms. The largest absolute Gasteiger partial charge is 0.416 e. The average molecular weight is 335 g/mol. The minimum Gasteiger partial charge on any atom is -0.326 e. The topological polar surface area (TPSA) is 42.0 Å². The van der Waals surface area contributed by atoms with Gasteiger partial charge in [0.25, 0.3) is 0 Å². The van der Waals surface area contributed by atoms with Gasteiger partial charge in [0.1, 0.15) is 5.01 Å². The van der Waals surface area contributed by atoms with Crippen LogP contribution in [-0.4, -0.2) is 10.9 Å². The molecule has 0 radical (unpaired) electrons. The Labute approximate surface area is 127 Å². The molecule has 0 aliphatic rings. The molecule has 1 N–H and O–H groups in total. The Morgan fingerprint density at radius 3 is 2.76 bits per heavy atom. The molecular formula is C13H10ClF3N2OS. The van der Waals surface area contributed by atoms with Crippen LogP contribution in [0.5, 0.6) is 0 Å². The normalized spacial score (nSPS) is 11.4. The first kappa shape index (κ1) is 15.8. The van der Waals surface area contributed by atoms with E-state index in [0.717, 1.165) is 12.1 Å². The van der Waals surface area contributed by atoms with E-state index in [0.29, 0.717) is 10.7 Å². The second kappa shape index (κ2) is 6.44. The summed E-state index contributed by atoms with van der Waals surface area (Å²) in [6, 6.07) is 4.49. The zero-order valence-electron chi connectivity index (χ0n) is 10.6. The Kier molecular flexibility index (Phi) is 4.84. The summed E-state index contributed by atoms with van der Waals surface area (Å²) in [6.45, 7) is 0. The van der Waals surface area contributed by atoms with E-state index in [1.54, 1.807) is 5.38 Å². The predicted octanol–water partition coefficient (Wildman–Crippen LogP) is 4.08. The number of hydrogen-bond acceptors (Lipinski definition) is 3. The van der Waals surface area contributed by atoms with E-state index >= 15 is 0 Å². The summed E-state index contributed by atoms with van der Waals surface area (Å²) < 4.78 is 37.7. The fraction of sp³-hybridized carbons (Fsp3) is 0.231. The number of benzene rings is 1. The molecule has 1 aromatic carbocycles. The van der Waals surface area contributed by atoms with Crippen molar-refractivity contribution in [3.05, 3.63) is 45.9 Å². The van der Waals surface area contributed by atoms with Crippen LogP contribution in [0.4, 0.5) is 18.9 Å². The number of carbonyl (C=O) groups excluding carboxylic acids is 1. The van der Waals surface area contributed by atoms with Gasteiger partial charge in [0.2, 0.25) is 5.91 Å². The molecule has 0 saturated heterocycles. The van der Waals surface area contributed by atoms with Crippen molar-refractivity contribution in [1.29, 1.82) is 0 Å². The van der Waals surface area contributed by atoms with Crippen molar-refractivity contribution in [1.82, 2.24) is 4.98 Å². The molecule has 2 rings (SSSR count). The number of nitrogens with zero attached hydrogens (tertiary/aromatic N) is 1. The highest BCUT2D eigenvalue weighted by Gasteiger charge is 2.30. The van der Waals surface area contributed by atoms with Crippen LogP contribution >= 0.6 is 22.9 Å². The van der Waals surface area contributed by atoms with Crippen molar-refractivity contribution in [3.63, 3.8) is 0 Å². The van der Waals surface area contributed by atoms with Gasteiger partial charge in [-0.2, -0.15) is 13.2 Å². The van der Waals surface area contributed by atoms with Crippen LogP contribution in [0.2, 0.25) is 0 Å². The number of anilines is 1. The first-order valence-corrected chi connectivity index (χ1v) is 7.26. The third-order valence-electron chi connectivity index (χ3n) is 2.52. The van der Waals surface area contributed by atoms with Gasteiger partial charge >= 0.3 is 6.18 Å². The zero-order chi connectivity index (χ0) is 15.5. The van der Waals surface area contributed by atoms with E-state index < -0.39 is 17.6 Å². The molecule has 0 bridgehead atoms. The molecule has 2 aromatic rings. The first-order valence-electron chi connectivity index (χ1n) is 5.85. The lowest BCUT2D eigenvalue weighted by atomic mass is 10.2. The van der Waals surface area contributed by atoms with Gasteiger partial charge in [-0.15, -0.1) is 22.9 Å². The van der Waals surface area contributed by atoms with Gasteiger partial charge in [-0.3, -0.25) is 4.79 Å². The lowest BCUT2D eigenvalue weighted by Gasteiger charge is -2.09. The molecule has 21 heavy (non-hydrogen) atoms. The summed E-state index contributed by atoms with van der Waals surface area (Å²) in [6.07, 6.45) is -4.44. The Balaban J connectivity index is 2.02. The Morgan fingerprint density at radius 1 is 1.38 bits per heavy atom. The van der Waals surface area contributed by atoms with Gasteiger partial charge in [-0.1, -0.05) is 6.07 Å². The molecule has 0 unspecified atom stereocenters. The van der Waals surface area contributed by atoms with E-state index in [-0.39, 0.29) is 18.0 Å². The summed E-state index contributed by atoms with van der Waals surface area (Å²) in [5.41, 5.74) is -0.0357. The smallest absolute Gasteiger partial charge is 0.326 e. The first-order chi connectivity index (χ1) is 9.88. The Morgan fingerprint density at radius 2 is 2.14 bits per heavy atom. The monoisotopic (exact) mass is 334 g/mol. The molecule has 0 aliphatic carbocycles. The van der Waals surface area contributed by atoms with Crippen LogP contribution in [0.3, 0.4) is 0 Å². The van der Waals surface area contributed by atoms with Crippen LogP contribution in [0.25, 0.3) is 0 Å². The standard InChI is InChI=1S/C13H10ClF3N2OS/c14-6-10-7-21-12(19-10)5-11(20)18-9-3-1-2-8(4-9)13(15,16)17/h1-4,7H,5-6H2,(H,18,20). The van der Waals surface area contributed by atoms with E-state index in [4.69, 9.17) is 11.6 Å². The lowest BCUT2D eigenvalue weighted by Crippen LogP contribution is -2.15. The molecular weight excluding hydrogens is 325 g/mol. The summed E-state index contributed by atoms with van der Waals surface area (Å²) in [5.74, 6) is -0.170. The second-order valence-electron chi connectivity index (χ2n) is 4.17. The number of amides is 1. The molecule has 1 heterocycles. The number of thiazole rings is 1. The van der Waals surface area contributed by atoms with E-state index in [9.17, 15) is 18.0 Å². The van der Waals surface area contributed by atoms with Crippen LogP contribution < -0.4 is 5.32 Å². The number of nitrogens with one attached hydrogen (secondary N) is 1. The van der Waals surface area contributed by atoms with E-state index in [2.05, 4.69) is 10.3 Å². The summed E-state index contributed by atoms with van der Waals surface area (Å²) in [4.78, 5) is 15.9. The van der Waals surface area contributed by atoms with Gasteiger partial charge < -0.3 is 5.32 Å². The molecule has 0 fully saturated rings. The van der Waals surface area contributed by atoms with Gasteiger partial charge in [-0.25, -0.2) is 4.98 Å². The summed E-state index contributed by atoms with van der Waals surface area (Å²) in [7, 11) is 0. The maximum atomic E-state index is 12.6. The van der Waals surface area contributed by atoms with Crippen LogP contribution in [0.15, 0.2) is 29.6 Å². The number of hydrogen-bond donors (Lipinski definition) is 1. The quantitative estimate of drug-likeness (QED) is 0.856. The van der Waals surface area contributed by atoms with Crippen LogP contribution in [-0.2, 0) is 23.3 Å². The van der Waals surface area contributed by atoms with Crippen molar-refractivity contribution in [2.24, 2.45) is 0 Å². The number of rotatable bonds is 4. The summed E-state index contributed by atoms with van der Waals surface area (Å²) in [5, 5.41) is 4.73. The average Bonchev–Trinajstić information content (AvgIpc) is 2.85. The third kappa shape index (κ3) is 4.44. The number of halogens is 4. The highest BCUT2D eigenvalue weighted by atomic mass is 35.5. The molecule has 0 atom stereocenters. The van der Waals surface area contributed by atoms with Crippen molar-refractivity contribution in [3.8, 4) is 0 Å². The van der Waals surface area contributed by atoms with Gasteiger partial charge in [-0.05, 0) is 18.2 Å². The molecule has 112 valence electrons. The second-order valence-corrected chi connectivity index (χ2v) is 5.38. The predicted molar refractivity (Wildman–Crippen MR) is 75.4 cm³/mol. The third-order valence-corrected chi connectivity index (χ3v) is 3.69. The van der Waals surface area contributed by atoms with Crippen molar-refractivity contribution in [2.45, 2.75) is 18.5 Å². The number of aromatic nitrogens is 1. The zero-order valence-corrected chi connectivity index (χ0v) is 12.1. The molecule has 1 amide bonds. The van der Waals surface area contributed by atoms with Crippen LogP contribution in [0.1, 0.15) is 16.3 Å². The lowest BCUT2D eigenvalue weighted by molar-refractivity contribution is -0.137. The number of alkyl halides is 4. The maximum absolute atomic E-state index is 12.6. The maximum Gasteiger partial charge on any atom is 0.416 e. The van der Waals surface area contributed by atoms with Gasteiger partial charge in [0.15, 0.2) is 0 Å². The van der Waals surface area contributed by atoms with Crippen LogP contribution in [0, 0.1) is 0 Å². The highest BCUT2D eigenvalue weighted by Crippen LogP contribution is 2.30. The SMILES string of the molecule is O=C(Cc1nc(CCl)cs1)Nc1cccc(C(F)(F)F)c1. The fourth-order valence-corrected chi connectivity index (χ4v) is 2.63. The molecule has 0 saturated carbocycles. The molecule has 1 aromatic heterocycles. The Hall–Kier alpha value is -1.60. The minimum absolute atomic E-state index is 0.00218. The van der Waals surface area contributed by atoms with Gasteiger partial charge in [0.05, 0.1) is 23.6 Å². The van der Waals surface area contributed by atoms with Crippen molar-refractivity contribution >= 4 is 34.5 Å². The van der Waals surface area contributed by atoms with Crippen molar-refractivity contribution in [2.75, 3.05) is 5.32 Å². The Bertz CT molecular complexity index is 642. The fourth-order valence-electron chi connectivity index (χ4n) is 1.61. The molecule has 0 aliphatic heterocycles. The summed E-state index contributed by atoms with van der Waals surface area (Å²) >= 11 is 6.89. The number of carbonyl (C=O) groups is 1. The van der Waals surface area contributed by atoms with E-state index in [1.807, 2.05) is 0 Å². The molecule has 8 heteroatoms. The highest BCUT2D eigenvalue weighted by molar-refractivity contribution is 7.09.